The summed E-state index contributed by atoms with van der Waals surface area (Å²) in [6, 6.07) is 17.6. The molecule has 0 bridgehead atoms. The molecule has 1 saturated carbocycles. The molecule has 0 radical (unpaired) electrons. The predicted octanol–water partition coefficient (Wildman–Crippen LogP) is 4.83. The van der Waals surface area contributed by atoms with Gasteiger partial charge in [0.2, 0.25) is 11.8 Å². The lowest BCUT2D eigenvalue weighted by Crippen LogP contribution is -2.33. The molecular formula is C25H28N2O3S2. The van der Waals surface area contributed by atoms with Gasteiger partial charge < -0.3 is 10.1 Å². The Kier molecular flexibility index (Phi) is 7.81. The smallest absolute Gasteiger partial charge is 0.242 e. The number of carbonyl (C=O) groups is 2. The molecule has 2 amide bonds. The zero-order chi connectivity index (χ0) is 22.3. The molecule has 2 aromatic carbocycles. The maximum atomic E-state index is 12.8. The molecule has 168 valence electrons. The van der Waals surface area contributed by atoms with Crippen molar-refractivity contribution in [1.29, 1.82) is 0 Å². The van der Waals surface area contributed by atoms with Crippen LogP contribution in [0.25, 0.3) is 0 Å². The Morgan fingerprint density at radius 2 is 1.75 bits per heavy atom. The van der Waals surface area contributed by atoms with Crippen LogP contribution in [-0.2, 0) is 22.7 Å². The van der Waals surface area contributed by atoms with Crippen LogP contribution in [0.5, 0.6) is 5.75 Å². The SMILES string of the molecule is O=C(CC1SC(=S)N(Cc2ccccc2)C1=O)NCc1ccc(OC2CCCCC2)cc1. The number of ether oxygens (including phenoxy) is 1. The average Bonchev–Trinajstić information content (AvgIpc) is 3.07. The van der Waals surface area contributed by atoms with Gasteiger partial charge >= 0.3 is 0 Å². The summed E-state index contributed by atoms with van der Waals surface area (Å²) >= 11 is 6.68. The van der Waals surface area contributed by atoms with Crippen molar-refractivity contribution in [1.82, 2.24) is 10.2 Å². The van der Waals surface area contributed by atoms with Gasteiger partial charge in [-0.2, -0.15) is 0 Å². The van der Waals surface area contributed by atoms with Crippen molar-refractivity contribution in [3.8, 4) is 5.75 Å². The zero-order valence-corrected chi connectivity index (χ0v) is 19.6. The van der Waals surface area contributed by atoms with E-state index in [9.17, 15) is 9.59 Å². The molecule has 2 fully saturated rings. The molecule has 32 heavy (non-hydrogen) atoms. The molecule has 2 aromatic rings. The summed E-state index contributed by atoms with van der Waals surface area (Å²) in [5.74, 6) is 0.637. The maximum absolute atomic E-state index is 12.8. The number of nitrogens with one attached hydrogen (secondary N) is 1. The number of benzene rings is 2. The van der Waals surface area contributed by atoms with Gasteiger partial charge in [0.25, 0.3) is 0 Å². The fraction of sp³-hybridized carbons (Fsp3) is 0.400. The van der Waals surface area contributed by atoms with E-state index in [2.05, 4.69) is 5.32 Å². The van der Waals surface area contributed by atoms with Gasteiger partial charge in [0, 0.05) is 13.0 Å². The lowest BCUT2D eigenvalue weighted by Gasteiger charge is -2.23. The van der Waals surface area contributed by atoms with E-state index < -0.39 is 5.25 Å². The van der Waals surface area contributed by atoms with Crippen molar-refractivity contribution >= 4 is 40.1 Å². The highest BCUT2D eigenvalue weighted by Crippen LogP contribution is 2.31. The molecular weight excluding hydrogens is 440 g/mol. The molecule has 2 aliphatic rings. The van der Waals surface area contributed by atoms with Crippen LogP contribution in [0.2, 0.25) is 0 Å². The molecule has 1 aliphatic heterocycles. The van der Waals surface area contributed by atoms with Crippen molar-refractivity contribution in [2.45, 2.75) is 63.0 Å². The van der Waals surface area contributed by atoms with Gasteiger partial charge in [0.05, 0.1) is 17.9 Å². The molecule has 1 aliphatic carbocycles. The highest BCUT2D eigenvalue weighted by molar-refractivity contribution is 8.24. The monoisotopic (exact) mass is 468 g/mol. The van der Waals surface area contributed by atoms with Crippen molar-refractivity contribution in [3.63, 3.8) is 0 Å². The Bertz CT molecular complexity index is 943. The summed E-state index contributed by atoms with van der Waals surface area (Å²) in [6.45, 7) is 0.866. The van der Waals surface area contributed by atoms with E-state index in [1.54, 1.807) is 4.90 Å². The summed E-state index contributed by atoms with van der Waals surface area (Å²) in [6.07, 6.45) is 6.49. The van der Waals surface area contributed by atoms with E-state index in [0.717, 1.165) is 29.7 Å². The van der Waals surface area contributed by atoms with Gasteiger partial charge in [0.15, 0.2) is 0 Å². The molecule has 7 heteroatoms. The molecule has 1 heterocycles. The third-order valence-corrected chi connectivity index (χ3v) is 7.41. The number of hydrogen-bond donors (Lipinski definition) is 1. The van der Waals surface area contributed by atoms with E-state index in [0.29, 0.717) is 23.5 Å². The summed E-state index contributed by atoms with van der Waals surface area (Å²) in [4.78, 5) is 26.8. The molecule has 0 aromatic heterocycles. The van der Waals surface area contributed by atoms with Crippen molar-refractivity contribution in [3.05, 3.63) is 65.7 Å². The zero-order valence-electron chi connectivity index (χ0n) is 18.0. The topological polar surface area (TPSA) is 58.6 Å². The summed E-state index contributed by atoms with van der Waals surface area (Å²) < 4.78 is 6.59. The van der Waals surface area contributed by atoms with Gasteiger partial charge in [0.1, 0.15) is 10.1 Å². The lowest BCUT2D eigenvalue weighted by molar-refractivity contribution is -0.129. The van der Waals surface area contributed by atoms with Gasteiger partial charge in [-0.25, -0.2) is 0 Å². The second-order valence-corrected chi connectivity index (χ2v) is 10.1. The predicted molar refractivity (Wildman–Crippen MR) is 131 cm³/mol. The van der Waals surface area contributed by atoms with Crippen LogP contribution in [-0.4, -0.2) is 32.4 Å². The number of thioether (sulfide) groups is 1. The minimum absolute atomic E-state index is 0.0942. The summed E-state index contributed by atoms with van der Waals surface area (Å²) in [7, 11) is 0. The van der Waals surface area contributed by atoms with Crippen LogP contribution >= 0.6 is 24.0 Å². The first kappa shape index (κ1) is 22.8. The summed E-state index contributed by atoms with van der Waals surface area (Å²) in [5.41, 5.74) is 2.02. The van der Waals surface area contributed by atoms with Crippen molar-refractivity contribution in [2.24, 2.45) is 0 Å². The molecule has 0 spiro atoms. The molecule has 1 saturated heterocycles. The van der Waals surface area contributed by atoms with Gasteiger partial charge in [-0.15, -0.1) is 0 Å². The van der Waals surface area contributed by atoms with Crippen LogP contribution in [0.1, 0.15) is 49.7 Å². The van der Waals surface area contributed by atoms with E-state index in [-0.39, 0.29) is 18.2 Å². The van der Waals surface area contributed by atoms with Gasteiger partial charge in [-0.3, -0.25) is 14.5 Å². The lowest BCUT2D eigenvalue weighted by atomic mass is 9.98. The molecule has 5 nitrogen and oxygen atoms in total. The van der Waals surface area contributed by atoms with E-state index in [1.807, 2.05) is 54.6 Å². The largest absolute Gasteiger partial charge is 0.490 e. The van der Waals surface area contributed by atoms with Crippen molar-refractivity contribution in [2.75, 3.05) is 0 Å². The third kappa shape index (κ3) is 6.11. The van der Waals surface area contributed by atoms with E-state index >= 15 is 0 Å². The van der Waals surface area contributed by atoms with Crippen LogP contribution < -0.4 is 10.1 Å². The number of thiocarbonyl (C=S) groups is 1. The highest BCUT2D eigenvalue weighted by Gasteiger charge is 2.37. The first-order chi connectivity index (χ1) is 15.6. The van der Waals surface area contributed by atoms with Gasteiger partial charge in [-0.05, 0) is 48.9 Å². The van der Waals surface area contributed by atoms with Crippen LogP contribution in [0, 0.1) is 0 Å². The molecule has 4 rings (SSSR count). The summed E-state index contributed by atoms with van der Waals surface area (Å²) in [5, 5.41) is 2.46. The molecule has 1 unspecified atom stereocenters. The first-order valence-corrected chi connectivity index (χ1v) is 12.5. The average molecular weight is 469 g/mol. The minimum atomic E-state index is -0.461. The Labute approximate surface area is 198 Å². The third-order valence-electron chi connectivity index (χ3n) is 5.83. The molecule has 1 atom stereocenters. The Hall–Kier alpha value is -2.38. The standard InChI is InChI=1S/C25H28N2O3S2/c28-23(15-22-24(29)27(25(31)32-22)17-19-7-3-1-4-8-19)26-16-18-11-13-21(14-12-18)30-20-9-5-2-6-10-20/h1,3-4,7-8,11-14,20,22H,2,5-6,9-10,15-17H2,(H,26,28). The van der Waals surface area contributed by atoms with Crippen LogP contribution in [0.4, 0.5) is 0 Å². The maximum Gasteiger partial charge on any atom is 0.242 e. The second-order valence-electron chi connectivity index (χ2n) is 8.29. The highest BCUT2D eigenvalue weighted by atomic mass is 32.2. The number of carbonyl (C=O) groups excluding carboxylic acids is 2. The van der Waals surface area contributed by atoms with Gasteiger partial charge in [-0.1, -0.05) is 72.9 Å². The van der Waals surface area contributed by atoms with Crippen molar-refractivity contribution < 1.29 is 14.3 Å². The Morgan fingerprint density at radius 3 is 2.47 bits per heavy atom. The first-order valence-electron chi connectivity index (χ1n) is 11.2. The minimum Gasteiger partial charge on any atom is -0.490 e. The fourth-order valence-electron chi connectivity index (χ4n) is 4.04. The number of hydrogen-bond acceptors (Lipinski definition) is 5. The van der Waals surface area contributed by atoms with Crippen LogP contribution in [0.3, 0.4) is 0 Å². The number of nitrogens with zero attached hydrogens (tertiary/aromatic N) is 1. The normalized spacial score (nSPS) is 19.2. The number of amides is 2. The van der Waals surface area contributed by atoms with E-state index in [1.165, 1.54) is 31.0 Å². The van der Waals surface area contributed by atoms with Crippen LogP contribution in [0.15, 0.2) is 54.6 Å². The van der Waals surface area contributed by atoms with E-state index in [4.69, 9.17) is 17.0 Å². The Morgan fingerprint density at radius 1 is 1.03 bits per heavy atom. The quantitative estimate of drug-likeness (QED) is 0.562. The Balaban J connectivity index is 1.23. The number of rotatable bonds is 8. The second kappa shape index (κ2) is 11.0. The fourth-order valence-corrected chi connectivity index (χ4v) is 5.53. The molecule has 1 N–H and O–H groups in total.